The van der Waals surface area contributed by atoms with E-state index in [9.17, 15) is 9.59 Å². The van der Waals surface area contributed by atoms with Crippen LogP contribution >= 0.6 is 0 Å². The fourth-order valence-electron chi connectivity index (χ4n) is 1.68. The van der Waals surface area contributed by atoms with Crippen molar-refractivity contribution in [2.75, 3.05) is 11.9 Å². The molecule has 1 aromatic carbocycles. The highest BCUT2D eigenvalue weighted by molar-refractivity contribution is 5.86. The van der Waals surface area contributed by atoms with Crippen molar-refractivity contribution in [3.05, 3.63) is 30.3 Å². The number of hydrogen-bond donors (Lipinski definition) is 3. The van der Waals surface area contributed by atoms with E-state index in [2.05, 4.69) is 10.6 Å². The van der Waals surface area contributed by atoms with Crippen molar-refractivity contribution in [1.82, 2.24) is 5.32 Å². The van der Waals surface area contributed by atoms with Crippen LogP contribution in [0.3, 0.4) is 0 Å². The number of nitrogens with one attached hydrogen (secondary N) is 2. The van der Waals surface area contributed by atoms with Crippen molar-refractivity contribution in [2.45, 2.75) is 26.3 Å². The number of aliphatic carboxylic acids is 1. The number of carboxylic acid groups (broad SMARTS) is 1. The van der Waals surface area contributed by atoms with Gasteiger partial charge in [0.05, 0.1) is 6.54 Å². The highest BCUT2D eigenvalue weighted by atomic mass is 16.4. The summed E-state index contributed by atoms with van der Waals surface area (Å²) in [5.41, 5.74) is 0.827. The summed E-state index contributed by atoms with van der Waals surface area (Å²) in [6.45, 7) is 3.90. The van der Waals surface area contributed by atoms with Crippen LogP contribution in [0.1, 0.15) is 20.3 Å². The van der Waals surface area contributed by atoms with Gasteiger partial charge in [-0.3, -0.25) is 4.79 Å². The molecule has 0 saturated heterocycles. The zero-order chi connectivity index (χ0) is 14.3. The van der Waals surface area contributed by atoms with E-state index in [1.807, 2.05) is 44.2 Å². The predicted octanol–water partition coefficient (Wildman–Crippen LogP) is 1.71. The number of rotatable bonds is 7. The Labute approximate surface area is 113 Å². The molecular formula is C14H20N2O3. The van der Waals surface area contributed by atoms with E-state index in [1.54, 1.807) is 0 Å². The molecule has 0 radical (unpaired) electrons. The summed E-state index contributed by atoms with van der Waals surface area (Å²) in [4.78, 5) is 22.7. The molecule has 1 rings (SSSR count). The SMILES string of the molecule is CC(C)CC(NC(=O)CNc1ccccc1)C(=O)O. The molecule has 0 aliphatic rings. The summed E-state index contributed by atoms with van der Waals surface area (Å²) in [5.74, 6) is -1.11. The third kappa shape index (κ3) is 5.90. The average molecular weight is 264 g/mol. The molecule has 0 saturated carbocycles. The van der Waals surface area contributed by atoms with Crippen LogP contribution in [0.5, 0.6) is 0 Å². The highest BCUT2D eigenvalue weighted by Gasteiger charge is 2.20. The van der Waals surface area contributed by atoms with Gasteiger partial charge in [0.1, 0.15) is 6.04 Å². The Hall–Kier alpha value is -2.04. The molecule has 0 heterocycles. The molecule has 0 aromatic heterocycles. The summed E-state index contributed by atoms with van der Waals surface area (Å²) in [6, 6.07) is 8.46. The summed E-state index contributed by atoms with van der Waals surface area (Å²) in [7, 11) is 0. The van der Waals surface area contributed by atoms with Crippen LogP contribution in [0.2, 0.25) is 0 Å². The van der Waals surface area contributed by atoms with Gasteiger partial charge in [0.25, 0.3) is 0 Å². The monoisotopic (exact) mass is 264 g/mol. The second-order valence-corrected chi connectivity index (χ2v) is 4.81. The zero-order valence-corrected chi connectivity index (χ0v) is 11.2. The van der Waals surface area contributed by atoms with Gasteiger partial charge in [0, 0.05) is 5.69 Å². The number of benzene rings is 1. The molecule has 1 amide bonds. The maximum Gasteiger partial charge on any atom is 0.326 e. The van der Waals surface area contributed by atoms with E-state index in [1.165, 1.54) is 0 Å². The zero-order valence-electron chi connectivity index (χ0n) is 11.2. The summed E-state index contributed by atoms with van der Waals surface area (Å²) < 4.78 is 0. The Morgan fingerprint density at radius 1 is 1.21 bits per heavy atom. The number of carboxylic acids is 1. The smallest absolute Gasteiger partial charge is 0.326 e. The lowest BCUT2D eigenvalue weighted by Gasteiger charge is -2.16. The Morgan fingerprint density at radius 2 is 1.84 bits per heavy atom. The van der Waals surface area contributed by atoms with E-state index in [4.69, 9.17) is 5.11 Å². The van der Waals surface area contributed by atoms with Crippen LogP contribution in [0.25, 0.3) is 0 Å². The highest BCUT2D eigenvalue weighted by Crippen LogP contribution is 2.06. The van der Waals surface area contributed by atoms with Gasteiger partial charge in [0.2, 0.25) is 5.91 Å². The summed E-state index contributed by atoms with van der Waals surface area (Å²) in [6.07, 6.45) is 0.423. The van der Waals surface area contributed by atoms with Crippen molar-refractivity contribution in [1.29, 1.82) is 0 Å². The van der Waals surface area contributed by atoms with Crippen molar-refractivity contribution in [3.63, 3.8) is 0 Å². The van der Waals surface area contributed by atoms with Crippen LogP contribution < -0.4 is 10.6 Å². The number of carbonyl (C=O) groups excluding carboxylic acids is 1. The molecule has 5 heteroatoms. The van der Waals surface area contributed by atoms with Gasteiger partial charge < -0.3 is 15.7 Å². The molecule has 0 aliphatic heterocycles. The average Bonchev–Trinajstić information content (AvgIpc) is 2.36. The lowest BCUT2D eigenvalue weighted by Crippen LogP contribution is -2.43. The third-order valence-corrected chi connectivity index (χ3v) is 2.57. The normalized spacial score (nSPS) is 11.9. The standard InChI is InChI=1S/C14H20N2O3/c1-10(2)8-12(14(18)19)16-13(17)9-15-11-6-4-3-5-7-11/h3-7,10,12,15H,8-9H2,1-2H3,(H,16,17)(H,18,19). The Bertz CT molecular complexity index is 418. The first-order valence-electron chi connectivity index (χ1n) is 6.30. The fourth-order valence-corrected chi connectivity index (χ4v) is 1.68. The van der Waals surface area contributed by atoms with Crippen LogP contribution in [0, 0.1) is 5.92 Å². The number of amides is 1. The van der Waals surface area contributed by atoms with Crippen molar-refractivity contribution in [2.24, 2.45) is 5.92 Å². The summed E-state index contributed by atoms with van der Waals surface area (Å²) >= 11 is 0. The first-order valence-corrected chi connectivity index (χ1v) is 6.30. The van der Waals surface area contributed by atoms with E-state index in [0.717, 1.165) is 5.69 Å². The summed E-state index contributed by atoms with van der Waals surface area (Å²) in [5, 5.41) is 14.5. The minimum atomic E-state index is -0.998. The van der Waals surface area contributed by atoms with Gasteiger partial charge in [-0.1, -0.05) is 32.0 Å². The van der Waals surface area contributed by atoms with E-state index in [0.29, 0.717) is 6.42 Å². The molecule has 0 bridgehead atoms. The number of para-hydroxylation sites is 1. The molecule has 1 aromatic rings. The lowest BCUT2D eigenvalue weighted by molar-refractivity contribution is -0.142. The first kappa shape index (κ1) is 15.0. The molecule has 1 unspecified atom stereocenters. The van der Waals surface area contributed by atoms with Crippen molar-refractivity contribution >= 4 is 17.6 Å². The Kier molecular flexibility index (Phi) is 5.85. The lowest BCUT2D eigenvalue weighted by atomic mass is 10.0. The van der Waals surface area contributed by atoms with Crippen LogP contribution in [-0.2, 0) is 9.59 Å². The van der Waals surface area contributed by atoms with Gasteiger partial charge in [-0.05, 0) is 24.5 Å². The molecule has 19 heavy (non-hydrogen) atoms. The maximum atomic E-state index is 11.7. The molecular weight excluding hydrogens is 244 g/mol. The molecule has 5 nitrogen and oxygen atoms in total. The van der Waals surface area contributed by atoms with E-state index in [-0.39, 0.29) is 18.4 Å². The number of carbonyl (C=O) groups is 2. The minimum absolute atomic E-state index is 0.0614. The minimum Gasteiger partial charge on any atom is -0.480 e. The van der Waals surface area contributed by atoms with Crippen LogP contribution in [-0.4, -0.2) is 29.6 Å². The van der Waals surface area contributed by atoms with Gasteiger partial charge in [-0.15, -0.1) is 0 Å². The van der Waals surface area contributed by atoms with Gasteiger partial charge in [-0.2, -0.15) is 0 Å². The second-order valence-electron chi connectivity index (χ2n) is 4.81. The molecule has 104 valence electrons. The fraction of sp³-hybridized carbons (Fsp3) is 0.429. The number of hydrogen-bond acceptors (Lipinski definition) is 3. The Balaban J connectivity index is 2.42. The predicted molar refractivity (Wildman–Crippen MR) is 74.0 cm³/mol. The quantitative estimate of drug-likeness (QED) is 0.700. The van der Waals surface area contributed by atoms with Gasteiger partial charge >= 0.3 is 5.97 Å². The van der Waals surface area contributed by atoms with Gasteiger partial charge in [0.15, 0.2) is 0 Å². The maximum absolute atomic E-state index is 11.7. The number of anilines is 1. The molecule has 1 atom stereocenters. The second kappa shape index (κ2) is 7.41. The Morgan fingerprint density at radius 3 is 2.37 bits per heavy atom. The van der Waals surface area contributed by atoms with Crippen molar-refractivity contribution < 1.29 is 14.7 Å². The van der Waals surface area contributed by atoms with E-state index >= 15 is 0 Å². The third-order valence-electron chi connectivity index (χ3n) is 2.57. The van der Waals surface area contributed by atoms with E-state index < -0.39 is 12.0 Å². The molecule has 0 spiro atoms. The molecule has 3 N–H and O–H groups in total. The molecule has 0 aliphatic carbocycles. The largest absolute Gasteiger partial charge is 0.480 e. The van der Waals surface area contributed by atoms with Crippen LogP contribution in [0.15, 0.2) is 30.3 Å². The van der Waals surface area contributed by atoms with Crippen molar-refractivity contribution in [3.8, 4) is 0 Å². The molecule has 0 fully saturated rings. The van der Waals surface area contributed by atoms with Crippen LogP contribution in [0.4, 0.5) is 5.69 Å². The topological polar surface area (TPSA) is 78.4 Å². The van der Waals surface area contributed by atoms with Gasteiger partial charge in [-0.25, -0.2) is 4.79 Å². The first-order chi connectivity index (χ1) is 8.99.